The van der Waals surface area contributed by atoms with Gasteiger partial charge in [-0.05, 0) is 25.0 Å². The van der Waals surface area contributed by atoms with Crippen molar-refractivity contribution >= 4 is 41.0 Å². The van der Waals surface area contributed by atoms with Crippen LogP contribution in [-0.4, -0.2) is 42.4 Å². The summed E-state index contributed by atoms with van der Waals surface area (Å²) in [6.45, 7) is 1.14. The molecular weight excluding hydrogens is 350 g/mol. The summed E-state index contributed by atoms with van der Waals surface area (Å²) in [5.74, 6) is 0.618. The minimum Gasteiger partial charge on any atom is -0.383 e. The number of halogens is 1. The van der Waals surface area contributed by atoms with Crippen LogP contribution in [0.4, 0.5) is 0 Å². The molecule has 2 rings (SSSR count). The van der Waals surface area contributed by atoms with E-state index in [2.05, 4.69) is 11.4 Å². The van der Waals surface area contributed by atoms with Crippen LogP contribution >= 0.6 is 35.1 Å². The highest BCUT2D eigenvalue weighted by Crippen LogP contribution is 2.41. The molecular formula is C17H24ClNO2S2. The fourth-order valence-electron chi connectivity index (χ4n) is 2.62. The third-order valence-corrected chi connectivity index (χ3v) is 7.33. The zero-order chi connectivity index (χ0) is 16.5. The molecule has 0 radical (unpaired) electrons. The maximum Gasteiger partial charge on any atom is 0.230 e. The normalized spacial score (nSPS) is 21.1. The van der Waals surface area contributed by atoms with E-state index in [4.69, 9.17) is 16.3 Å². The SMILES string of the molecule is COCCNC(=O)CSC1CCCCC1Sc1ccccc1Cl. The molecule has 1 saturated carbocycles. The molecule has 0 heterocycles. The van der Waals surface area contributed by atoms with Gasteiger partial charge in [0.25, 0.3) is 0 Å². The van der Waals surface area contributed by atoms with Crippen LogP contribution in [0, 0.1) is 0 Å². The number of carbonyl (C=O) groups excluding carboxylic acids is 1. The quantitative estimate of drug-likeness (QED) is 0.692. The Morgan fingerprint density at radius 2 is 2.04 bits per heavy atom. The number of hydrogen-bond acceptors (Lipinski definition) is 4. The largest absolute Gasteiger partial charge is 0.383 e. The van der Waals surface area contributed by atoms with Crippen LogP contribution < -0.4 is 5.32 Å². The first-order valence-corrected chi connectivity index (χ1v) is 10.3. The first-order chi connectivity index (χ1) is 11.2. The van der Waals surface area contributed by atoms with Crippen LogP contribution in [0.5, 0.6) is 0 Å². The molecule has 23 heavy (non-hydrogen) atoms. The molecule has 128 valence electrons. The van der Waals surface area contributed by atoms with Crippen LogP contribution in [0.3, 0.4) is 0 Å². The Bertz CT molecular complexity index is 501. The minimum absolute atomic E-state index is 0.0964. The number of methoxy groups -OCH3 is 1. The van der Waals surface area contributed by atoms with Crippen molar-refractivity contribution in [1.29, 1.82) is 0 Å². The van der Waals surface area contributed by atoms with Gasteiger partial charge in [0.1, 0.15) is 0 Å². The number of hydrogen-bond donors (Lipinski definition) is 1. The van der Waals surface area contributed by atoms with Crippen LogP contribution in [0.2, 0.25) is 5.02 Å². The van der Waals surface area contributed by atoms with Gasteiger partial charge in [-0.3, -0.25) is 4.79 Å². The second-order valence-corrected chi connectivity index (χ2v) is 8.48. The van der Waals surface area contributed by atoms with Crippen molar-refractivity contribution in [2.45, 2.75) is 41.1 Å². The van der Waals surface area contributed by atoms with Crippen LogP contribution in [-0.2, 0) is 9.53 Å². The minimum atomic E-state index is 0.0964. The maximum atomic E-state index is 11.9. The number of amides is 1. The molecule has 2 unspecified atom stereocenters. The Hall–Kier alpha value is -0.360. The van der Waals surface area contributed by atoms with Crippen molar-refractivity contribution in [2.24, 2.45) is 0 Å². The Labute approximate surface area is 152 Å². The average Bonchev–Trinajstić information content (AvgIpc) is 2.56. The number of nitrogens with one attached hydrogen (secondary N) is 1. The van der Waals surface area contributed by atoms with Crippen molar-refractivity contribution in [3.63, 3.8) is 0 Å². The lowest BCUT2D eigenvalue weighted by molar-refractivity contribution is -0.118. The van der Waals surface area contributed by atoms with E-state index in [1.165, 1.54) is 25.7 Å². The summed E-state index contributed by atoms with van der Waals surface area (Å²) in [7, 11) is 1.64. The van der Waals surface area contributed by atoms with E-state index < -0.39 is 0 Å². The fraction of sp³-hybridized carbons (Fsp3) is 0.588. The molecule has 1 fully saturated rings. The van der Waals surface area contributed by atoms with Gasteiger partial charge >= 0.3 is 0 Å². The molecule has 1 aliphatic rings. The lowest BCUT2D eigenvalue weighted by atomic mass is 10.00. The molecule has 1 amide bonds. The molecule has 0 saturated heterocycles. The molecule has 1 N–H and O–H groups in total. The number of ether oxygens (including phenoxy) is 1. The zero-order valence-corrected chi connectivity index (χ0v) is 15.8. The maximum absolute atomic E-state index is 11.9. The van der Waals surface area contributed by atoms with Crippen LogP contribution in [0.15, 0.2) is 29.2 Å². The summed E-state index contributed by atoms with van der Waals surface area (Å²) >= 11 is 9.93. The van der Waals surface area contributed by atoms with Gasteiger partial charge in [-0.25, -0.2) is 0 Å². The number of carbonyl (C=O) groups is 1. The summed E-state index contributed by atoms with van der Waals surface area (Å²) < 4.78 is 4.94. The first kappa shape index (κ1) is 19.0. The van der Waals surface area contributed by atoms with E-state index in [-0.39, 0.29) is 5.91 Å². The van der Waals surface area contributed by atoms with Gasteiger partial charge in [0.2, 0.25) is 5.91 Å². The Kier molecular flexibility index (Phi) is 8.66. The monoisotopic (exact) mass is 373 g/mol. The molecule has 1 aliphatic carbocycles. The zero-order valence-electron chi connectivity index (χ0n) is 13.4. The molecule has 0 spiro atoms. The van der Waals surface area contributed by atoms with Gasteiger partial charge < -0.3 is 10.1 Å². The highest BCUT2D eigenvalue weighted by Gasteiger charge is 2.27. The van der Waals surface area contributed by atoms with E-state index in [1.807, 2.05) is 30.0 Å². The van der Waals surface area contributed by atoms with Crippen molar-refractivity contribution in [2.75, 3.05) is 26.0 Å². The fourth-order valence-corrected chi connectivity index (χ4v) is 5.68. The summed E-state index contributed by atoms with van der Waals surface area (Å²) in [5.41, 5.74) is 0. The summed E-state index contributed by atoms with van der Waals surface area (Å²) in [5, 5.41) is 4.75. The third-order valence-electron chi connectivity index (χ3n) is 3.81. The topological polar surface area (TPSA) is 38.3 Å². The highest BCUT2D eigenvalue weighted by atomic mass is 35.5. The summed E-state index contributed by atoms with van der Waals surface area (Å²) in [4.78, 5) is 13.0. The van der Waals surface area contributed by atoms with Gasteiger partial charge in [-0.2, -0.15) is 0 Å². The number of rotatable bonds is 8. The molecule has 0 aliphatic heterocycles. The van der Waals surface area contributed by atoms with Gasteiger partial charge in [-0.1, -0.05) is 36.6 Å². The number of thioether (sulfide) groups is 2. The average molecular weight is 374 g/mol. The van der Waals surface area contributed by atoms with Crippen molar-refractivity contribution in [3.8, 4) is 0 Å². The lowest BCUT2D eigenvalue weighted by Crippen LogP contribution is -2.31. The Morgan fingerprint density at radius 1 is 1.30 bits per heavy atom. The van der Waals surface area contributed by atoms with E-state index in [9.17, 15) is 4.79 Å². The molecule has 2 atom stereocenters. The molecule has 0 aromatic heterocycles. The van der Waals surface area contributed by atoms with E-state index in [0.717, 1.165) is 9.92 Å². The van der Waals surface area contributed by atoms with E-state index in [0.29, 0.717) is 29.4 Å². The molecule has 1 aromatic rings. The second kappa shape index (κ2) is 10.5. The van der Waals surface area contributed by atoms with Gasteiger partial charge in [0, 0.05) is 29.0 Å². The van der Waals surface area contributed by atoms with Gasteiger partial charge in [0.15, 0.2) is 0 Å². The van der Waals surface area contributed by atoms with E-state index in [1.54, 1.807) is 18.9 Å². The molecule has 1 aromatic carbocycles. The predicted octanol–water partition coefficient (Wildman–Crippen LogP) is 4.24. The van der Waals surface area contributed by atoms with Crippen molar-refractivity contribution in [1.82, 2.24) is 5.32 Å². The Balaban J connectivity index is 1.83. The van der Waals surface area contributed by atoms with Gasteiger partial charge in [-0.15, -0.1) is 23.5 Å². The Morgan fingerprint density at radius 3 is 2.78 bits per heavy atom. The first-order valence-electron chi connectivity index (χ1n) is 7.99. The number of benzene rings is 1. The van der Waals surface area contributed by atoms with Crippen molar-refractivity contribution in [3.05, 3.63) is 29.3 Å². The molecule has 6 heteroatoms. The summed E-state index contributed by atoms with van der Waals surface area (Å²) in [6.07, 6.45) is 4.89. The van der Waals surface area contributed by atoms with Gasteiger partial charge in [0.05, 0.1) is 17.4 Å². The molecule has 3 nitrogen and oxygen atoms in total. The lowest BCUT2D eigenvalue weighted by Gasteiger charge is -2.30. The van der Waals surface area contributed by atoms with Crippen LogP contribution in [0.1, 0.15) is 25.7 Å². The van der Waals surface area contributed by atoms with E-state index >= 15 is 0 Å². The summed E-state index contributed by atoms with van der Waals surface area (Å²) in [6, 6.07) is 8.02. The highest BCUT2D eigenvalue weighted by molar-refractivity contribution is 8.04. The standard InChI is InChI=1S/C17H24ClNO2S2/c1-21-11-10-19-17(20)12-22-15-8-4-5-9-16(15)23-14-7-3-2-6-13(14)18/h2-3,6-7,15-16H,4-5,8-12H2,1H3,(H,19,20). The predicted molar refractivity (Wildman–Crippen MR) is 101 cm³/mol. The molecule has 0 bridgehead atoms. The second-order valence-electron chi connectivity index (χ2n) is 5.56. The third kappa shape index (κ3) is 6.57. The van der Waals surface area contributed by atoms with Crippen LogP contribution in [0.25, 0.3) is 0 Å². The smallest absolute Gasteiger partial charge is 0.230 e. The van der Waals surface area contributed by atoms with Crippen molar-refractivity contribution < 1.29 is 9.53 Å².